The van der Waals surface area contributed by atoms with Crippen molar-refractivity contribution in [2.24, 2.45) is 0 Å². The summed E-state index contributed by atoms with van der Waals surface area (Å²) >= 11 is 0. The fourth-order valence-electron chi connectivity index (χ4n) is 3.27. The zero-order valence-corrected chi connectivity index (χ0v) is 13.2. The van der Waals surface area contributed by atoms with Crippen LogP contribution in [0.15, 0.2) is 48.7 Å². The zero-order chi connectivity index (χ0) is 16.0. The molecule has 4 rings (SSSR count). The highest BCUT2D eigenvalue weighted by Gasteiger charge is 2.26. The van der Waals surface area contributed by atoms with Gasteiger partial charge in [-0.3, -0.25) is 0 Å². The molecule has 1 aliphatic heterocycles. The van der Waals surface area contributed by atoms with E-state index in [2.05, 4.69) is 42.8 Å². The van der Waals surface area contributed by atoms with E-state index < -0.39 is 0 Å². The van der Waals surface area contributed by atoms with Crippen molar-refractivity contribution in [3.05, 3.63) is 70.9 Å². The van der Waals surface area contributed by atoms with Crippen LogP contribution in [0, 0.1) is 6.92 Å². The van der Waals surface area contributed by atoms with Crippen molar-refractivity contribution in [1.29, 1.82) is 0 Å². The number of carbonyl (C=O) groups is 1. The van der Waals surface area contributed by atoms with Crippen LogP contribution in [-0.4, -0.2) is 10.5 Å². The summed E-state index contributed by atoms with van der Waals surface area (Å²) in [7, 11) is 0. The maximum Gasteiger partial charge on any atom is 0.344 e. The van der Waals surface area contributed by atoms with Crippen molar-refractivity contribution in [2.45, 2.75) is 20.4 Å². The van der Waals surface area contributed by atoms with Crippen LogP contribution in [0.1, 0.15) is 34.0 Å². The van der Waals surface area contributed by atoms with E-state index in [9.17, 15) is 4.79 Å². The Hall–Kier alpha value is -2.81. The van der Waals surface area contributed by atoms with Crippen molar-refractivity contribution in [1.82, 2.24) is 4.57 Å². The maximum absolute atomic E-state index is 12.0. The molecule has 2 heterocycles. The lowest BCUT2D eigenvalue weighted by molar-refractivity contribution is 0.0717. The van der Waals surface area contributed by atoms with Crippen LogP contribution in [0.2, 0.25) is 0 Å². The highest BCUT2D eigenvalue weighted by Crippen LogP contribution is 2.34. The Kier molecular flexibility index (Phi) is 3.08. The Bertz CT molecular complexity index is 963. The molecule has 0 unspecified atom stereocenters. The quantitative estimate of drug-likeness (QED) is 0.646. The van der Waals surface area contributed by atoms with E-state index >= 15 is 0 Å². The normalized spacial score (nSPS) is 15.2. The zero-order valence-electron chi connectivity index (χ0n) is 13.2. The third-order valence-corrected chi connectivity index (χ3v) is 4.39. The largest absolute Gasteiger partial charge is 0.422 e. The first kappa shape index (κ1) is 13.8. The third-order valence-electron chi connectivity index (χ3n) is 4.39. The van der Waals surface area contributed by atoms with Crippen LogP contribution in [0.4, 0.5) is 0 Å². The molecule has 0 aliphatic carbocycles. The van der Waals surface area contributed by atoms with E-state index in [-0.39, 0.29) is 5.97 Å². The molecular formula is C20H17NO2. The van der Waals surface area contributed by atoms with Crippen molar-refractivity contribution in [2.75, 3.05) is 0 Å². The van der Waals surface area contributed by atoms with E-state index in [0.717, 1.165) is 17.7 Å². The van der Waals surface area contributed by atoms with Crippen LogP contribution in [-0.2, 0) is 11.3 Å². The highest BCUT2D eigenvalue weighted by molar-refractivity contribution is 6.07. The minimum atomic E-state index is -0.275. The molecule has 3 heteroatoms. The number of aromatic nitrogens is 1. The van der Waals surface area contributed by atoms with Crippen LogP contribution < -0.4 is 0 Å². The van der Waals surface area contributed by atoms with Gasteiger partial charge in [-0.25, -0.2) is 4.79 Å². The average molecular weight is 303 g/mol. The minimum absolute atomic E-state index is 0.275. The number of nitrogens with zero attached hydrogens (tertiary/aromatic N) is 1. The molecule has 0 N–H and O–H groups in total. The van der Waals surface area contributed by atoms with Gasteiger partial charge in [-0.05, 0) is 37.6 Å². The van der Waals surface area contributed by atoms with Crippen molar-refractivity contribution in [3.63, 3.8) is 0 Å². The molecule has 0 radical (unpaired) electrons. The van der Waals surface area contributed by atoms with Crippen molar-refractivity contribution in [3.8, 4) is 0 Å². The first-order chi connectivity index (χ1) is 11.2. The molecule has 0 saturated carbocycles. The molecule has 0 spiro atoms. The number of aryl methyl sites for hydroxylation is 2. The first-order valence-electron chi connectivity index (χ1n) is 7.80. The van der Waals surface area contributed by atoms with Crippen LogP contribution in [0.25, 0.3) is 22.7 Å². The SMILES string of the molecule is CCn1cc(/C=C2\OC(=O)c3ccccc32)c2c(C)cccc21. The summed E-state index contributed by atoms with van der Waals surface area (Å²) in [5, 5.41) is 1.21. The van der Waals surface area contributed by atoms with E-state index in [1.807, 2.05) is 24.3 Å². The molecule has 0 atom stereocenters. The van der Waals surface area contributed by atoms with Gasteiger partial charge in [0.1, 0.15) is 5.76 Å². The van der Waals surface area contributed by atoms with Gasteiger partial charge in [0.2, 0.25) is 0 Å². The third kappa shape index (κ3) is 2.08. The van der Waals surface area contributed by atoms with Crippen LogP contribution in [0.5, 0.6) is 0 Å². The van der Waals surface area contributed by atoms with Gasteiger partial charge in [0.05, 0.1) is 5.56 Å². The van der Waals surface area contributed by atoms with Crippen molar-refractivity contribution < 1.29 is 9.53 Å². The second-order valence-electron chi connectivity index (χ2n) is 5.78. The second kappa shape index (κ2) is 5.13. The lowest BCUT2D eigenvalue weighted by Gasteiger charge is -2.01. The lowest BCUT2D eigenvalue weighted by Crippen LogP contribution is -1.92. The summed E-state index contributed by atoms with van der Waals surface area (Å²) in [6.45, 7) is 5.14. The second-order valence-corrected chi connectivity index (χ2v) is 5.78. The Morgan fingerprint density at radius 1 is 1.09 bits per heavy atom. The number of hydrogen-bond donors (Lipinski definition) is 0. The number of fused-ring (bicyclic) bond motifs is 2. The van der Waals surface area contributed by atoms with Gasteiger partial charge >= 0.3 is 5.97 Å². The first-order valence-corrected chi connectivity index (χ1v) is 7.80. The molecule has 3 nitrogen and oxygen atoms in total. The van der Waals surface area contributed by atoms with E-state index in [4.69, 9.17) is 4.74 Å². The van der Waals surface area contributed by atoms with Gasteiger partial charge in [-0.15, -0.1) is 0 Å². The fraction of sp³-hybridized carbons (Fsp3) is 0.150. The standard InChI is InChI=1S/C20H17NO2/c1-3-21-12-14(19-13(2)7-6-10-17(19)21)11-18-15-8-4-5-9-16(15)20(22)23-18/h4-12H,3H2,1-2H3/b18-11-. The highest BCUT2D eigenvalue weighted by atomic mass is 16.5. The molecule has 0 bridgehead atoms. The number of cyclic esters (lactones) is 1. The molecule has 0 fully saturated rings. The molecule has 0 saturated heterocycles. The number of esters is 1. The van der Waals surface area contributed by atoms with Gasteiger partial charge in [0.15, 0.2) is 0 Å². The Labute approximate surface area is 134 Å². The summed E-state index contributed by atoms with van der Waals surface area (Å²) in [5.74, 6) is 0.354. The molecule has 2 aromatic carbocycles. The molecule has 0 amide bonds. The van der Waals surface area contributed by atoms with Gasteiger partial charge in [0, 0.05) is 34.8 Å². The smallest absolute Gasteiger partial charge is 0.344 e. The summed E-state index contributed by atoms with van der Waals surface area (Å²) in [6.07, 6.45) is 4.10. The van der Waals surface area contributed by atoms with Crippen LogP contribution >= 0.6 is 0 Å². The molecule has 23 heavy (non-hydrogen) atoms. The van der Waals surface area contributed by atoms with Gasteiger partial charge in [0.25, 0.3) is 0 Å². The average Bonchev–Trinajstić information content (AvgIpc) is 3.08. The molecule has 3 aromatic rings. The Morgan fingerprint density at radius 3 is 2.65 bits per heavy atom. The van der Waals surface area contributed by atoms with Crippen molar-refractivity contribution >= 4 is 28.7 Å². The summed E-state index contributed by atoms with van der Waals surface area (Å²) in [5.41, 5.74) is 5.01. The Morgan fingerprint density at radius 2 is 1.87 bits per heavy atom. The Balaban J connectivity index is 1.94. The topological polar surface area (TPSA) is 31.2 Å². The van der Waals surface area contributed by atoms with Crippen LogP contribution in [0.3, 0.4) is 0 Å². The number of hydrogen-bond acceptors (Lipinski definition) is 2. The maximum atomic E-state index is 12.0. The van der Waals surface area contributed by atoms with Gasteiger partial charge < -0.3 is 9.30 Å². The number of benzene rings is 2. The fourth-order valence-corrected chi connectivity index (χ4v) is 3.27. The number of ether oxygens (including phenoxy) is 1. The summed E-state index contributed by atoms with van der Waals surface area (Å²) in [4.78, 5) is 12.0. The summed E-state index contributed by atoms with van der Waals surface area (Å²) in [6, 6.07) is 13.8. The number of rotatable bonds is 2. The minimum Gasteiger partial charge on any atom is -0.422 e. The molecule has 114 valence electrons. The van der Waals surface area contributed by atoms with E-state index in [1.54, 1.807) is 6.07 Å². The van der Waals surface area contributed by atoms with E-state index in [1.165, 1.54) is 16.5 Å². The predicted molar refractivity (Wildman–Crippen MR) is 92.1 cm³/mol. The van der Waals surface area contributed by atoms with Gasteiger partial charge in [-0.1, -0.05) is 30.3 Å². The van der Waals surface area contributed by atoms with E-state index in [0.29, 0.717) is 11.3 Å². The molecule has 1 aliphatic rings. The number of carbonyl (C=O) groups excluding carboxylic acids is 1. The molecular weight excluding hydrogens is 286 g/mol. The van der Waals surface area contributed by atoms with Gasteiger partial charge in [-0.2, -0.15) is 0 Å². The molecule has 1 aromatic heterocycles. The summed E-state index contributed by atoms with van der Waals surface area (Å²) < 4.78 is 7.70. The lowest BCUT2D eigenvalue weighted by atomic mass is 10.0. The monoisotopic (exact) mass is 303 g/mol. The predicted octanol–water partition coefficient (Wildman–Crippen LogP) is 4.64.